The third-order valence-corrected chi connectivity index (χ3v) is 2.81. The van der Waals surface area contributed by atoms with E-state index < -0.39 is 0 Å². The summed E-state index contributed by atoms with van der Waals surface area (Å²) in [6, 6.07) is 5.56. The SMILES string of the molecule is CC(C)CC(NN)c1ccc(Cl)cc1Cl. The Balaban J connectivity index is 2.91. The summed E-state index contributed by atoms with van der Waals surface area (Å²) < 4.78 is 0. The molecule has 1 atom stereocenters. The van der Waals surface area contributed by atoms with Crippen molar-refractivity contribution in [1.82, 2.24) is 5.43 Å². The zero-order chi connectivity index (χ0) is 11.4. The second-order valence-corrected chi connectivity index (χ2v) is 4.86. The first kappa shape index (κ1) is 12.8. The van der Waals surface area contributed by atoms with Crippen molar-refractivity contribution in [3.05, 3.63) is 33.8 Å². The van der Waals surface area contributed by atoms with Crippen LogP contribution in [-0.4, -0.2) is 0 Å². The molecule has 0 saturated carbocycles. The standard InChI is InChI=1S/C11H16Cl2N2/c1-7(2)5-11(15-14)9-4-3-8(12)6-10(9)13/h3-4,6-7,11,15H,5,14H2,1-2H3. The van der Waals surface area contributed by atoms with Gasteiger partial charge in [-0.05, 0) is 30.0 Å². The molecule has 0 aliphatic heterocycles. The van der Waals surface area contributed by atoms with Crippen LogP contribution in [0.3, 0.4) is 0 Å². The third kappa shape index (κ3) is 3.65. The number of nitrogens with one attached hydrogen (secondary N) is 1. The molecule has 1 aromatic rings. The zero-order valence-corrected chi connectivity index (χ0v) is 10.4. The van der Waals surface area contributed by atoms with Crippen LogP contribution in [-0.2, 0) is 0 Å². The van der Waals surface area contributed by atoms with Crippen LogP contribution < -0.4 is 11.3 Å². The quantitative estimate of drug-likeness (QED) is 0.630. The van der Waals surface area contributed by atoms with Gasteiger partial charge in [0.1, 0.15) is 0 Å². The predicted molar refractivity (Wildman–Crippen MR) is 66.0 cm³/mol. The Bertz CT molecular complexity index is 326. The normalized spacial score (nSPS) is 13.2. The van der Waals surface area contributed by atoms with Crippen LogP contribution in [0.2, 0.25) is 10.0 Å². The van der Waals surface area contributed by atoms with Gasteiger partial charge in [0.05, 0.1) is 0 Å². The minimum Gasteiger partial charge on any atom is -0.271 e. The number of hydrazine groups is 1. The lowest BCUT2D eigenvalue weighted by Crippen LogP contribution is -2.29. The Morgan fingerprint density at radius 1 is 1.33 bits per heavy atom. The van der Waals surface area contributed by atoms with E-state index >= 15 is 0 Å². The second-order valence-electron chi connectivity index (χ2n) is 4.01. The first-order valence-electron chi connectivity index (χ1n) is 4.95. The Kier molecular flexibility index (Phi) is 4.87. The first-order chi connectivity index (χ1) is 7.04. The summed E-state index contributed by atoms with van der Waals surface area (Å²) >= 11 is 11.9. The fourth-order valence-corrected chi connectivity index (χ4v) is 2.08. The van der Waals surface area contributed by atoms with Crippen LogP contribution in [0.5, 0.6) is 0 Å². The van der Waals surface area contributed by atoms with E-state index in [0.717, 1.165) is 12.0 Å². The van der Waals surface area contributed by atoms with Gasteiger partial charge in [-0.2, -0.15) is 0 Å². The molecule has 0 aromatic heterocycles. The maximum atomic E-state index is 6.11. The van der Waals surface area contributed by atoms with Gasteiger partial charge < -0.3 is 0 Å². The van der Waals surface area contributed by atoms with Crippen LogP contribution in [0, 0.1) is 5.92 Å². The fraction of sp³-hybridized carbons (Fsp3) is 0.455. The van der Waals surface area contributed by atoms with E-state index in [2.05, 4.69) is 19.3 Å². The lowest BCUT2D eigenvalue weighted by molar-refractivity contribution is 0.438. The molecule has 2 nitrogen and oxygen atoms in total. The van der Waals surface area contributed by atoms with Crippen molar-refractivity contribution in [3.63, 3.8) is 0 Å². The van der Waals surface area contributed by atoms with Crippen LogP contribution in [0.1, 0.15) is 31.9 Å². The van der Waals surface area contributed by atoms with Crippen molar-refractivity contribution in [2.75, 3.05) is 0 Å². The lowest BCUT2D eigenvalue weighted by Gasteiger charge is -2.19. The smallest absolute Gasteiger partial charge is 0.0477 e. The summed E-state index contributed by atoms with van der Waals surface area (Å²) in [4.78, 5) is 0. The molecule has 0 aliphatic carbocycles. The number of rotatable bonds is 4. The molecule has 0 fully saturated rings. The number of halogens is 2. The minimum absolute atomic E-state index is 0.0785. The highest BCUT2D eigenvalue weighted by atomic mass is 35.5. The van der Waals surface area contributed by atoms with E-state index in [9.17, 15) is 0 Å². The molecular weight excluding hydrogens is 231 g/mol. The third-order valence-electron chi connectivity index (χ3n) is 2.25. The molecule has 84 valence electrons. The Labute approximate surface area is 101 Å². The van der Waals surface area contributed by atoms with Crippen molar-refractivity contribution >= 4 is 23.2 Å². The van der Waals surface area contributed by atoms with Crippen LogP contribution >= 0.6 is 23.2 Å². The number of hydrogen-bond donors (Lipinski definition) is 2. The molecule has 3 N–H and O–H groups in total. The van der Waals surface area contributed by atoms with Gasteiger partial charge in [0.15, 0.2) is 0 Å². The summed E-state index contributed by atoms with van der Waals surface area (Å²) in [6.07, 6.45) is 0.942. The van der Waals surface area contributed by atoms with Crippen molar-refractivity contribution < 1.29 is 0 Å². The summed E-state index contributed by atoms with van der Waals surface area (Å²) in [5.41, 5.74) is 3.78. The Hall–Kier alpha value is -0.280. The summed E-state index contributed by atoms with van der Waals surface area (Å²) in [5.74, 6) is 6.07. The highest BCUT2D eigenvalue weighted by molar-refractivity contribution is 6.35. The molecule has 0 saturated heterocycles. The van der Waals surface area contributed by atoms with E-state index in [-0.39, 0.29) is 6.04 Å². The van der Waals surface area contributed by atoms with E-state index in [1.165, 1.54) is 0 Å². The highest BCUT2D eigenvalue weighted by Crippen LogP contribution is 2.29. The predicted octanol–water partition coefficient (Wildman–Crippen LogP) is 3.54. The molecule has 0 bridgehead atoms. The average molecular weight is 247 g/mol. The van der Waals surface area contributed by atoms with E-state index in [4.69, 9.17) is 29.0 Å². The second kappa shape index (κ2) is 5.71. The molecule has 1 unspecified atom stereocenters. The maximum absolute atomic E-state index is 6.11. The lowest BCUT2D eigenvalue weighted by atomic mass is 9.97. The monoisotopic (exact) mass is 246 g/mol. The van der Waals surface area contributed by atoms with Gasteiger partial charge in [-0.25, -0.2) is 0 Å². The molecule has 0 radical (unpaired) electrons. The van der Waals surface area contributed by atoms with E-state index in [0.29, 0.717) is 16.0 Å². The van der Waals surface area contributed by atoms with Crippen LogP contribution in [0.15, 0.2) is 18.2 Å². The largest absolute Gasteiger partial charge is 0.271 e. The molecule has 0 heterocycles. The van der Waals surface area contributed by atoms with Crippen molar-refractivity contribution in [2.24, 2.45) is 11.8 Å². The average Bonchev–Trinajstić information content (AvgIpc) is 2.14. The van der Waals surface area contributed by atoms with Gasteiger partial charge in [0, 0.05) is 16.1 Å². The molecule has 4 heteroatoms. The Morgan fingerprint density at radius 2 is 2.00 bits per heavy atom. The number of benzene rings is 1. The van der Waals surface area contributed by atoms with Crippen molar-refractivity contribution in [3.8, 4) is 0 Å². The molecule has 1 aromatic carbocycles. The number of nitrogens with two attached hydrogens (primary N) is 1. The molecule has 1 rings (SSSR count). The van der Waals surface area contributed by atoms with E-state index in [1.54, 1.807) is 6.07 Å². The van der Waals surface area contributed by atoms with E-state index in [1.807, 2.05) is 12.1 Å². The van der Waals surface area contributed by atoms with Gasteiger partial charge in [0.25, 0.3) is 0 Å². The molecule has 0 spiro atoms. The van der Waals surface area contributed by atoms with Crippen molar-refractivity contribution in [2.45, 2.75) is 26.3 Å². The summed E-state index contributed by atoms with van der Waals surface area (Å²) in [6.45, 7) is 4.29. The van der Waals surface area contributed by atoms with Gasteiger partial charge in [0.2, 0.25) is 0 Å². The van der Waals surface area contributed by atoms with Gasteiger partial charge >= 0.3 is 0 Å². The molecular formula is C11H16Cl2N2. The molecule has 0 amide bonds. The van der Waals surface area contributed by atoms with Gasteiger partial charge in [-0.3, -0.25) is 11.3 Å². The fourth-order valence-electron chi connectivity index (χ4n) is 1.54. The van der Waals surface area contributed by atoms with Crippen molar-refractivity contribution in [1.29, 1.82) is 0 Å². The zero-order valence-electron chi connectivity index (χ0n) is 8.93. The summed E-state index contributed by atoms with van der Waals surface area (Å²) in [5, 5.41) is 1.30. The molecule has 0 aliphatic rings. The highest BCUT2D eigenvalue weighted by Gasteiger charge is 2.14. The maximum Gasteiger partial charge on any atom is 0.0477 e. The number of hydrogen-bond acceptors (Lipinski definition) is 2. The van der Waals surface area contributed by atoms with Gasteiger partial charge in [-0.15, -0.1) is 0 Å². The minimum atomic E-state index is 0.0785. The van der Waals surface area contributed by atoms with Gasteiger partial charge in [-0.1, -0.05) is 43.1 Å². The van der Waals surface area contributed by atoms with Crippen LogP contribution in [0.25, 0.3) is 0 Å². The first-order valence-corrected chi connectivity index (χ1v) is 5.71. The topological polar surface area (TPSA) is 38.0 Å². The molecule has 15 heavy (non-hydrogen) atoms. The summed E-state index contributed by atoms with van der Waals surface area (Å²) in [7, 11) is 0. The Morgan fingerprint density at radius 3 is 2.47 bits per heavy atom. The van der Waals surface area contributed by atoms with Crippen LogP contribution in [0.4, 0.5) is 0 Å².